The second kappa shape index (κ2) is 4.65. The van der Waals surface area contributed by atoms with Crippen molar-refractivity contribution in [2.45, 2.75) is 63.4 Å². The summed E-state index contributed by atoms with van der Waals surface area (Å²) in [6.07, 6.45) is 11.7. The fourth-order valence-corrected chi connectivity index (χ4v) is 4.73. The van der Waals surface area contributed by atoms with E-state index in [1.807, 2.05) is 0 Å². The highest BCUT2D eigenvalue weighted by Crippen LogP contribution is 2.61. The lowest BCUT2D eigenvalue weighted by molar-refractivity contribution is 0.0783. The molecule has 1 heterocycles. The van der Waals surface area contributed by atoms with Gasteiger partial charge < -0.3 is 4.74 Å². The molecule has 3 unspecified atom stereocenters. The molecule has 1 aliphatic heterocycles. The van der Waals surface area contributed by atoms with Gasteiger partial charge in [0.2, 0.25) is 0 Å². The Morgan fingerprint density at radius 1 is 1.25 bits per heavy atom. The molecule has 1 nitrogen and oxygen atoms in total. The van der Waals surface area contributed by atoms with Crippen LogP contribution in [0.1, 0.15) is 63.4 Å². The van der Waals surface area contributed by atoms with Crippen molar-refractivity contribution in [1.82, 2.24) is 0 Å². The molecule has 0 N–H and O–H groups in total. The predicted octanol–water partition coefficient (Wildman–Crippen LogP) is 5.22. The SMILES string of the molecule is CCCCC1C=C2CCCCC23Oc2ccccc2C13. The third-order valence-electron chi connectivity index (χ3n) is 5.57. The summed E-state index contributed by atoms with van der Waals surface area (Å²) in [5.74, 6) is 2.46. The summed E-state index contributed by atoms with van der Waals surface area (Å²) in [6.45, 7) is 2.30. The smallest absolute Gasteiger partial charge is 0.138 e. The largest absolute Gasteiger partial charge is 0.482 e. The van der Waals surface area contributed by atoms with Crippen LogP contribution in [0.5, 0.6) is 5.75 Å². The van der Waals surface area contributed by atoms with Gasteiger partial charge >= 0.3 is 0 Å². The molecule has 1 fully saturated rings. The third-order valence-corrected chi connectivity index (χ3v) is 5.57. The Bertz CT molecular complexity index is 544. The Morgan fingerprint density at radius 2 is 2.15 bits per heavy atom. The number of hydrogen-bond donors (Lipinski definition) is 0. The molecule has 2 aliphatic carbocycles. The Kier molecular flexibility index (Phi) is 2.90. The Morgan fingerprint density at radius 3 is 3.05 bits per heavy atom. The number of para-hydroxylation sites is 1. The van der Waals surface area contributed by atoms with Gasteiger partial charge in [0.15, 0.2) is 0 Å². The van der Waals surface area contributed by atoms with E-state index in [1.165, 1.54) is 50.5 Å². The van der Waals surface area contributed by atoms with Crippen LogP contribution < -0.4 is 4.74 Å². The van der Waals surface area contributed by atoms with E-state index in [0.29, 0.717) is 11.8 Å². The minimum atomic E-state index is 0.0420. The molecule has 106 valence electrons. The van der Waals surface area contributed by atoms with Gasteiger partial charge in [0.05, 0.1) is 0 Å². The van der Waals surface area contributed by atoms with Gasteiger partial charge in [-0.15, -0.1) is 0 Å². The van der Waals surface area contributed by atoms with Crippen LogP contribution in [-0.2, 0) is 0 Å². The molecule has 1 aromatic carbocycles. The van der Waals surface area contributed by atoms with Gasteiger partial charge in [0.25, 0.3) is 0 Å². The van der Waals surface area contributed by atoms with Crippen LogP contribution in [-0.4, -0.2) is 5.60 Å². The van der Waals surface area contributed by atoms with Crippen LogP contribution in [0.3, 0.4) is 0 Å². The van der Waals surface area contributed by atoms with Gasteiger partial charge in [-0.05, 0) is 49.7 Å². The molecule has 0 amide bonds. The average molecular weight is 268 g/mol. The molecule has 3 aliphatic rings. The molecule has 1 saturated carbocycles. The zero-order chi connectivity index (χ0) is 13.6. The normalized spacial score (nSPS) is 34.0. The van der Waals surface area contributed by atoms with Crippen LogP contribution in [0, 0.1) is 5.92 Å². The minimum absolute atomic E-state index is 0.0420. The van der Waals surface area contributed by atoms with Crippen LogP contribution in [0.2, 0.25) is 0 Å². The fraction of sp³-hybridized carbons (Fsp3) is 0.579. The summed E-state index contributed by atoms with van der Waals surface area (Å²) < 4.78 is 6.56. The molecule has 1 heteroatoms. The Hall–Kier alpha value is -1.24. The average Bonchev–Trinajstić information content (AvgIpc) is 2.95. The molecule has 0 radical (unpaired) electrons. The van der Waals surface area contributed by atoms with Crippen molar-refractivity contribution >= 4 is 0 Å². The van der Waals surface area contributed by atoms with E-state index < -0.39 is 0 Å². The van der Waals surface area contributed by atoms with Crippen LogP contribution >= 0.6 is 0 Å². The van der Waals surface area contributed by atoms with Gasteiger partial charge in [-0.3, -0.25) is 0 Å². The Labute approximate surface area is 122 Å². The van der Waals surface area contributed by atoms with E-state index in [1.54, 1.807) is 5.57 Å². The number of fused-ring (bicyclic) bond motifs is 2. The second-order valence-electron chi connectivity index (χ2n) is 6.71. The highest BCUT2D eigenvalue weighted by Gasteiger charge is 2.57. The molecule has 3 atom stereocenters. The van der Waals surface area contributed by atoms with E-state index in [0.717, 1.165) is 5.75 Å². The summed E-state index contributed by atoms with van der Waals surface area (Å²) >= 11 is 0. The van der Waals surface area contributed by atoms with Crippen molar-refractivity contribution in [3.8, 4) is 5.75 Å². The summed E-state index contributed by atoms with van der Waals surface area (Å²) in [7, 11) is 0. The standard InChI is InChI=1S/C19H24O/c1-2-3-8-14-13-15-9-6-7-12-19(15)18(14)16-10-4-5-11-17(16)20-19/h4-5,10-11,13-14,18H,2-3,6-9,12H2,1H3. The summed E-state index contributed by atoms with van der Waals surface area (Å²) in [5, 5.41) is 0. The first-order valence-corrected chi connectivity index (χ1v) is 8.34. The van der Waals surface area contributed by atoms with Gasteiger partial charge in [0.1, 0.15) is 11.4 Å². The first-order valence-electron chi connectivity index (χ1n) is 8.34. The molecule has 0 saturated heterocycles. The van der Waals surface area contributed by atoms with Crippen molar-refractivity contribution in [2.75, 3.05) is 0 Å². The molecular weight excluding hydrogens is 244 g/mol. The molecule has 0 bridgehead atoms. The highest BCUT2D eigenvalue weighted by molar-refractivity contribution is 5.51. The van der Waals surface area contributed by atoms with E-state index in [2.05, 4.69) is 37.3 Å². The van der Waals surface area contributed by atoms with Gasteiger partial charge in [0, 0.05) is 11.5 Å². The number of hydrogen-bond acceptors (Lipinski definition) is 1. The van der Waals surface area contributed by atoms with E-state index >= 15 is 0 Å². The number of allylic oxidation sites excluding steroid dienone is 1. The van der Waals surface area contributed by atoms with Crippen LogP contribution in [0.4, 0.5) is 0 Å². The van der Waals surface area contributed by atoms with Gasteiger partial charge in [-0.1, -0.05) is 44.0 Å². The third kappa shape index (κ3) is 1.62. The molecular formula is C19H24O. The predicted molar refractivity (Wildman–Crippen MR) is 82.1 cm³/mol. The topological polar surface area (TPSA) is 9.23 Å². The van der Waals surface area contributed by atoms with Crippen molar-refractivity contribution in [3.63, 3.8) is 0 Å². The summed E-state index contributed by atoms with van der Waals surface area (Å²) in [6, 6.07) is 8.77. The van der Waals surface area contributed by atoms with Crippen molar-refractivity contribution < 1.29 is 4.74 Å². The minimum Gasteiger partial charge on any atom is -0.482 e. The molecule has 1 spiro atoms. The van der Waals surface area contributed by atoms with E-state index in [-0.39, 0.29) is 5.60 Å². The molecule has 4 rings (SSSR count). The zero-order valence-corrected chi connectivity index (χ0v) is 12.4. The maximum absolute atomic E-state index is 6.56. The van der Waals surface area contributed by atoms with Crippen LogP contribution in [0.15, 0.2) is 35.9 Å². The van der Waals surface area contributed by atoms with Crippen molar-refractivity contribution in [1.29, 1.82) is 0 Å². The highest BCUT2D eigenvalue weighted by atomic mass is 16.5. The summed E-state index contributed by atoms with van der Waals surface area (Å²) in [5.41, 5.74) is 3.13. The molecule has 20 heavy (non-hydrogen) atoms. The van der Waals surface area contributed by atoms with E-state index in [9.17, 15) is 0 Å². The molecule has 0 aromatic heterocycles. The first-order chi connectivity index (χ1) is 9.85. The maximum Gasteiger partial charge on any atom is 0.138 e. The van der Waals surface area contributed by atoms with Gasteiger partial charge in [-0.25, -0.2) is 0 Å². The monoisotopic (exact) mass is 268 g/mol. The quantitative estimate of drug-likeness (QED) is 0.683. The lowest BCUT2D eigenvalue weighted by Gasteiger charge is -2.37. The second-order valence-corrected chi connectivity index (χ2v) is 6.71. The van der Waals surface area contributed by atoms with E-state index in [4.69, 9.17) is 4.74 Å². The number of rotatable bonds is 3. The first kappa shape index (κ1) is 12.5. The van der Waals surface area contributed by atoms with Gasteiger partial charge in [-0.2, -0.15) is 0 Å². The number of unbranched alkanes of at least 4 members (excludes halogenated alkanes) is 1. The maximum atomic E-state index is 6.56. The Balaban J connectivity index is 1.76. The lowest BCUT2D eigenvalue weighted by atomic mass is 9.72. The fourth-order valence-electron chi connectivity index (χ4n) is 4.73. The zero-order valence-electron chi connectivity index (χ0n) is 12.4. The van der Waals surface area contributed by atoms with Crippen molar-refractivity contribution in [2.24, 2.45) is 5.92 Å². The number of ether oxygens (including phenoxy) is 1. The molecule has 1 aromatic rings. The summed E-state index contributed by atoms with van der Waals surface area (Å²) in [4.78, 5) is 0. The van der Waals surface area contributed by atoms with Crippen molar-refractivity contribution in [3.05, 3.63) is 41.5 Å². The lowest BCUT2D eigenvalue weighted by Crippen LogP contribution is -2.40. The number of benzene rings is 1. The van der Waals surface area contributed by atoms with Crippen LogP contribution in [0.25, 0.3) is 0 Å².